The van der Waals surface area contributed by atoms with E-state index < -0.39 is 8.32 Å². The Labute approximate surface area is 164 Å². The third kappa shape index (κ3) is 3.70. The summed E-state index contributed by atoms with van der Waals surface area (Å²) in [6.45, 7) is 11.2. The van der Waals surface area contributed by atoms with Crippen molar-refractivity contribution in [1.29, 1.82) is 0 Å². The first-order chi connectivity index (χ1) is 12.5. The van der Waals surface area contributed by atoms with Gasteiger partial charge in [0.25, 0.3) is 0 Å². The van der Waals surface area contributed by atoms with E-state index in [0.29, 0.717) is 0 Å². The number of rotatable bonds is 5. The summed E-state index contributed by atoms with van der Waals surface area (Å²) in [7, 11) is 2.17. The van der Waals surface area contributed by atoms with Crippen LogP contribution >= 0.6 is 0 Å². The van der Waals surface area contributed by atoms with Crippen LogP contribution < -0.4 is 4.90 Å². The van der Waals surface area contributed by atoms with Crippen LogP contribution in [0.3, 0.4) is 0 Å². The summed E-state index contributed by atoms with van der Waals surface area (Å²) < 4.78 is 6.28. The molecule has 2 aromatic carbocycles. The highest BCUT2D eigenvalue weighted by molar-refractivity contribution is 6.74. The molecule has 4 heteroatoms. The zero-order valence-electron chi connectivity index (χ0n) is 17.9. The second kappa shape index (κ2) is 7.06. The first-order valence-electron chi connectivity index (χ1n) is 9.95. The van der Waals surface area contributed by atoms with E-state index in [-0.39, 0.29) is 17.4 Å². The molecule has 3 nitrogen and oxygen atoms in total. The first kappa shape index (κ1) is 20.1. The fourth-order valence-corrected chi connectivity index (χ4v) is 4.64. The Bertz CT molecular complexity index is 878. The Morgan fingerprint density at radius 1 is 1.15 bits per heavy atom. The van der Waals surface area contributed by atoms with Crippen LogP contribution in [0.1, 0.15) is 48.7 Å². The van der Waals surface area contributed by atoms with Gasteiger partial charge in [0.1, 0.15) is 0 Å². The van der Waals surface area contributed by atoms with Crippen molar-refractivity contribution in [3.63, 3.8) is 0 Å². The molecule has 2 aromatic rings. The number of anilines is 1. The lowest BCUT2D eigenvalue weighted by Crippen LogP contribution is -2.42. The minimum absolute atomic E-state index is 0.103. The predicted molar refractivity (Wildman–Crippen MR) is 118 cm³/mol. The van der Waals surface area contributed by atoms with Crippen molar-refractivity contribution in [3.8, 4) is 0 Å². The van der Waals surface area contributed by atoms with E-state index in [1.54, 1.807) is 0 Å². The van der Waals surface area contributed by atoms with Crippen molar-refractivity contribution in [2.24, 2.45) is 0 Å². The standard InChI is InChI=1S/C23H33NO2Si/c1-23(2,3)27(6,7)26-15-21(25)22-17-11-8-10-16(17)14-19-18(22)12-9-13-20(19)24(4)5/h9,12-14H,8,10-11,15H2,1-7H3. The highest BCUT2D eigenvalue weighted by Crippen LogP contribution is 2.38. The maximum atomic E-state index is 13.4. The van der Waals surface area contributed by atoms with Gasteiger partial charge in [-0.3, -0.25) is 4.79 Å². The fourth-order valence-electron chi connectivity index (χ4n) is 3.71. The molecule has 0 aromatic heterocycles. The number of carbonyl (C=O) groups is 1. The van der Waals surface area contributed by atoms with E-state index in [1.807, 2.05) is 0 Å². The Kier molecular flexibility index (Phi) is 5.26. The van der Waals surface area contributed by atoms with Gasteiger partial charge in [-0.15, -0.1) is 0 Å². The Morgan fingerprint density at radius 3 is 2.48 bits per heavy atom. The Morgan fingerprint density at radius 2 is 1.85 bits per heavy atom. The molecule has 0 N–H and O–H groups in total. The van der Waals surface area contributed by atoms with Crippen molar-refractivity contribution in [3.05, 3.63) is 41.0 Å². The molecule has 1 aliphatic rings. The van der Waals surface area contributed by atoms with Crippen molar-refractivity contribution in [2.45, 2.75) is 58.2 Å². The molecule has 0 aliphatic heterocycles. The van der Waals surface area contributed by atoms with Crippen molar-refractivity contribution >= 4 is 30.6 Å². The van der Waals surface area contributed by atoms with E-state index in [4.69, 9.17) is 4.43 Å². The highest BCUT2D eigenvalue weighted by Gasteiger charge is 2.38. The van der Waals surface area contributed by atoms with Crippen LogP contribution in [0, 0.1) is 0 Å². The second-order valence-electron chi connectivity index (χ2n) is 9.48. The molecule has 0 bridgehead atoms. The summed E-state index contributed by atoms with van der Waals surface area (Å²) in [6.07, 6.45) is 3.20. The van der Waals surface area contributed by atoms with E-state index in [1.165, 1.54) is 22.2 Å². The molecule has 3 rings (SSSR count). The van der Waals surface area contributed by atoms with Gasteiger partial charge in [-0.05, 0) is 66.0 Å². The summed E-state index contributed by atoms with van der Waals surface area (Å²) in [6, 6.07) is 8.59. The van der Waals surface area contributed by atoms with Crippen molar-refractivity contribution < 1.29 is 9.22 Å². The highest BCUT2D eigenvalue weighted by atomic mass is 28.4. The van der Waals surface area contributed by atoms with Crippen molar-refractivity contribution in [1.82, 2.24) is 0 Å². The lowest BCUT2D eigenvalue weighted by Gasteiger charge is -2.36. The average molecular weight is 384 g/mol. The van der Waals surface area contributed by atoms with E-state index >= 15 is 0 Å². The van der Waals surface area contributed by atoms with Crippen LogP contribution in [-0.2, 0) is 17.3 Å². The number of carbonyl (C=O) groups excluding carboxylic acids is 1. The van der Waals surface area contributed by atoms with Crippen LogP contribution in [0.25, 0.3) is 10.8 Å². The number of ketones is 1. The number of nitrogens with zero attached hydrogens (tertiary/aromatic N) is 1. The summed E-state index contributed by atoms with van der Waals surface area (Å²) in [5, 5.41) is 2.36. The largest absolute Gasteiger partial charge is 0.409 e. The van der Waals surface area contributed by atoms with Gasteiger partial charge in [-0.25, -0.2) is 0 Å². The molecular weight excluding hydrogens is 350 g/mol. The van der Waals surface area contributed by atoms with Crippen LogP contribution in [0.5, 0.6) is 0 Å². The van der Waals surface area contributed by atoms with Gasteiger partial charge < -0.3 is 9.33 Å². The predicted octanol–water partition coefficient (Wildman–Crippen LogP) is 5.60. The number of hydrogen-bond acceptors (Lipinski definition) is 3. The zero-order chi connectivity index (χ0) is 20.0. The fraction of sp³-hybridized carbons (Fsp3) is 0.522. The summed E-state index contributed by atoms with van der Waals surface area (Å²) in [4.78, 5) is 15.5. The van der Waals surface area contributed by atoms with Gasteiger partial charge in [0.15, 0.2) is 14.1 Å². The summed E-state index contributed by atoms with van der Waals surface area (Å²) in [5.74, 6) is 0.138. The SMILES string of the molecule is CN(C)c1cccc2c(C(=O)CO[Si](C)(C)C(C)(C)C)c3c(cc12)CCC3. The normalized spacial score (nSPS) is 14.5. The maximum absolute atomic E-state index is 13.4. The monoisotopic (exact) mass is 383 g/mol. The molecule has 0 saturated heterocycles. The van der Waals surface area contributed by atoms with Gasteiger partial charge in [0, 0.05) is 30.7 Å². The Hall–Kier alpha value is -1.65. The third-order valence-electron chi connectivity index (χ3n) is 6.36. The number of Topliss-reactive ketones (excluding diaryl/α,β-unsaturated/α-hetero) is 1. The zero-order valence-corrected chi connectivity index (χ0v) is 18.9. The van der Waals surface area contributed by atoms with Crippen LogP contribution in [0.4, 0.5) is 5.69 Å². The molecule has 0 amide bonds. The van der Waals surface area contributed by atoms with E-state index in [9.17, 15) is 4.79 Å². The Balaban J connectivity index is 2.06. The molecule has 0 unspecified atom stereocenters. The van der Waals surface area contributed by atoms with Crippen LogP contribution in [-0.4, -0.2) is 34.8 Å². The van der Waals surface area contributed by atoms with Gasteiger partial charge in [0.2, 0.25) is 0 Å². The van der Waals surface area contributed by atoms with E-state index in [2.05, 4.69) is 77.1 Å². The van der Waals surface area contributed by atoms with Gasteiger partial charge in [-0.2, -0.15) is 0 Å². The van der Waals surface area contributed by atoms with Gasteiger partial charge >= 0.3 is 0 Å². The van der Waals surface area contributed by atoms with Crippen molar-refractivity contribution in [2.75, 3.05) is 25.6 Å². The first-order valence-corrected chi connectivity index (χ1v) is 12.9. The minimum atomic E-state index is -1.95. The third-order valence-corrected chi connectivity index (χ3v) is 10.8. The topological polar surface area (TPSA) is 29.5 Å². The molecule has 0 spiro atoms. The molecule has 146 valence electrons. The minimum Gasteiger partial charge on any atom is -0.409 e. The lowest BCUT2D eigenvalue weighted by atomic mass is 9.92. The van der Waals surface area contributed by atoms with Crippen LogP contribution in [0.2, 0.25) is 18.1 Å². The number of benzene rings is 2. The van der Waals surface area contributed by atoms with Gasteiger partial charge in [-0.1, -0.05) is 32.9 Å². The molecule has 0 heterocycles. The maximum Gasteiger partial charge on any atom is 0.192 e. The molecule has 0 atom stereocenters. The lowest BCUT2D eigenvalue weighted by molar-refractivity contribution is 0.0912. The number of aryl methyl sites for hydroxylation is 1. The smallest absolute Gasteiger partial charge is 0.192 e. The number of hydrogen-bond donors (Lipinski definition) is 0. The van der Waals surface area contributed by atoms with E-state index in [0.717, 1.165) is 30.2 Å². The molecular formula is C23H33NO2Si. The average Bonchev–Trinajstić information content (AvgIpc) is 3.03. The summed E-state index contributed by atoms with van der Waals surface area (Å²) >= 11 is 0. The van der Waals surface area contributed by atoms with Gasteiger partial charge in [0.05, 0.1) is 6.61 Å². The molecule has 0 radical (unpaired) electrons. The second-order valence-corrected chi connectivity index (χ2v) is 14.3. The number of fused-ring (bicyclic) bond motifs is 2. The molecule has 0 fully saturated rings. The summed E-state index contributed by atoms with van der Waals surface area (Å²) in [5.41, 5.74) is 4.67. The van der Waals surface area contributed by atoms with Crippen LogP contribution in [0.15, 0.2) is 24.3 Å². The molecule has 27 heavy (non-hydrogen) atoms. The molecule has 0 saturated carbocycles. The quantitative estimate of drug-likeness (QED) is 0.497. The molecule has 1 aliphatic carbocycles.